The van der Waals surface area contributed by atoms with E-state index in [-0.39, 0.29) is 36.8 Å². The molecule has 2 unspecified atom stereocenters. The Morgan fingerprint density at radius 2 is 2.22 bits per heavy atom. The minimum atomic E-state index is -0.123. The van der Waals surface area contributed by atoms with Crippen molar-refractivity contribution in [2.24, 2.45) is 5.92 Å². The summed E-state index contributed by atoms with van der Waals surface area (Å²) in [4.78, 5) is 24.8. The van der Waals surface area contributed by atoms with Crippen LogP contribution in [0.2, 0.25) is 0 Å². The second-order valence-electron chi connectivity index (χ2n) is 5.18. The van der Waals surface area contributed by atoms with Crippen LogP contribution in [0, 0.1) is 5.92 Å². The van der Waals surface area contributed by atoms with Gasteiger partial charge in [-0.2, -0.15) is 0 Å². The Kier molecular flexibility index (Phi) is 7.84. The number of rotatable bonds is 3. The van der Waals surface area contributed by atoms with Crippen molar-refractivity contribution in [3.8, 4) is 10.7 Å². The molecular weight excluding hydrogens is 357 g/mol. The lowest BCUT2D eigenvalue weighted by atomic mass is 9.95. The summed E-state index contributed by atoms with van der Waals surface area (Å²) >= 11 is 1.40. The van der Waals surface area contributed by atoms with E-state index in [1.54, 1.807) is 24.0 Å². The molecule has 3 heterocycles. The van der Waals surface area contributed by atoms with Crippen molar-refractivity contribution >= 4 is 42.1 Å². The maximum Gasteiger partial charge on any atom is 0.271 e. The number of hydrogen-bond acceptors (Lipinski definition) is 6. The molecular formula is C14H19Cl2N5OS. The molecule has 1 aliphatic heterocycles. The van der Waals surface area contributed by atoms with E-state index < -0.39 is 0 Å². The van der Waals surface area contributed by atoms with Crippen LogP contribution in [-0.4, -0.2) is 40.0 Å². The zero-order valence-corrected chi connectivity index (χ0v) is 15.0. The van der Waals surface area contributed by atoms with Crippen molar-refractivity contribution in [2.75, 3.05) is 13.1 Å². The van der Waals surface area contributed by atoms with E-state index in [1.165, 1.54) is 11.3 Å². The number of thiazole rings is 1. The topological polar surface area (TPSA) is 79.8 Å². The van der Waals surface area contributed by atoms with Gasteiger partial charge in [0.25, 0.3) is 5.91 Å². The molecule has 0 saturated carbocycles. The predicted octanol–water partition coefficient (Wildman–Crippen LogP) is 2.17. The third-order valence-corrected chi connectivity index (χ3v) is 4.53. The van der Waals surface area contributed by atoms with Gasteiger partial charge in [0.1, 0.15) is 16.4 Å². The summed E-state index contributed by atoms with van der Waals surface area (Å²) in [6, 6.07) is 0.160. The lowest BCUT2D eigenvalue weighted by Gasteiger charge is -2.29. The molecule has 2 aromatic heterocycles. The molecule has 23 heavy (non-hydrogen) atoms. The highest BCUT2D eigenvalue weighted by Crippen LogP contribution is 2.21. The fraction of sp³-hybridized carbons (Fsp3) is 0.429. The molecule has 0 aliphatic carbocycles. The molecule has 0 bridgehead atoms. The molecule has 2 N–H and O–H groups in total. The van der Waals surface area contributed by atoms with Crippen molar-refractivity contribution in [3.05, 3.63) is 29.7 Å². The van der Waals surface area contributed by atoms with Gasteiger partial charge in [-0.1, -0.05) is 6.92 Å². The third-order valence-electron chi connectivity index (χ3n) is 3.66. The molecule has 2 aromatic rings. The van der Waals surface area contributed by atoms with Gasteiger partial charge in [0.15, 0.2) is 0 Å². The second-order valence-corrected chi connectivity index (χ2v) is 6.04. The first kappa shape index (κ1) is 19.8. The number of nitrogens with zero attached hydrogens (tertiary/aromatic N) is 3. The normalized spacial score (nSPS) is 20.0. The van der Waals surface area contributed by atoms with Crippen LogP contribution in [-0.2, 0) is 0 Å². The van der Waals surface area contributed by atoms with E-state index in [1.807, 2.05) is 0 Å². The van der Waals surface area contributed by atoms with Gasteiger partial charge in [0.05, 0.1) is 6.20 Å². The molecule has 3 rings (SSSR count). The van der Waals surface area contributed by atoms with Crippen LogP contribution in [0.5, 0.6) is 0 Å². The highest BCUT2D eigenvalue weighted by molar-refractivity contribution is 7.13. The van der Waals surface area contributed by atoms with E-state index in [0.29, 0.717) is 22.3 Å². The minimum absolute atomic E-state index is 0. The molecule has 2 atom stereocenters. The van der Waals surface area contributed by atoms with Crippen LogP contribution in [0.3, 0.4) is 0 Å². The monoisotopic (exact) mass is 375 g/mol. The predicted molar refractivity (Wildman–Crippen MR) is 95.5 cm³/mol. The zero-order valence-electron chi connectivity index (χ0n) is 12.6. The first-order valence-electron chi connectivity index (χ1n) is 6.97. The summed E-state index contributed by atoms with van der Waals surface area (Å²) in [5.41, 5.74) is 1.13. The maximum atomic E-state index is 12.3. The Morgan fingerprint density at radius 3 is 2.91 bits per heavy atom. The van der Waals surface area contributed by atoms with Gasteiger partial charge < -0.3 is 10.6 Å². The SMILES string of the molecule is CC1CCNCC1NC(=O)c1csc(-c2cnccn2)n1.Cl.Cl. The molecule has 1 fully saturated rings. The van der Waals surface area contributed by atoms with Crippen molar-refractivity contribution in [1.29, 1.82) is 0 Å². The fourth-order valence-corrected chi connectivity index (χ4v) is 3.09. The summed E-state index contributed by atoms with van der Waals surface area (Å²) in [5, 5.41) is 8.83. The number of carbonyl (C=O) groups is 1. The molecule has 9 heteroatoms. The van der Waals surface area contributed by atoms with Crippen LogP contribution in [0.4, 0.5) is 0 Å². The van der Waals surface area contributed by atoms with Crippen LogP contribution in [0.25, 0.3) is 10.7 Å². The molecule has 0 aromatic carbocycles. The Labute approximate surface area is 151 Å². The van der Waals surface area contributed by atoms with E-state index in [9.17, 15) is 4.79 Å². The summed E-state index contributed by atoms with van der Waals surface area (Å²) in [7, 11) is 0. The number of aromatic nitrogens is 3. The quantitative estimate of drug-likeness (QED) is 0.858. The maximum absolute atomic E-state index is 12.3. The number of hydrogen-bond donors (Lipinski definition) is 2. The van der Waals surface area contributed by atoms with Crippen LogP contribution < -0.4 is 10.6 Å². The highest BCUT2D eigenvalue weighted by atomic mass is 35.5. The lowest BCUT2D eigenvalue weighted by Crippen LogP contribution is -2.50. The molecule has 1 amide bonds. The third kappa shape index (κ3) is 4.84. The highest BCUT2D eigenvalue weighted by Gasteiger charge is 2.24. The lowest BCUT2D eigenvalue weighted by molar-refractivity contribution is 0.0911. The zero-order chi connectivity index (χ0) is 14.7. The summed E-state index contributed by atoms with van der Waals surface area (Å²) < 4.78 is 0. The minimum Gasteiger partial charge on any atom is -0.346 e. The second kappa shape index (κ2) is 9.12. The summed E-state index contributed by atoms with van der Waals surface area (Å²) in [6.45, 7) is 3.99. The van der Waals surface area contributed by atoms with Gasteiger partial charge in [-0.15, -0.1) is 36.2 Å². The molecule has 1 saturated heterocycles. The molecule has 126 valence electrons. The summed E-state index contributed by atoms with van der Waals surface area (Å²) in [5.74, 6) is 0.357. The number of carbonyl (C=O) groups excluding carboxylic acids is 1. The van der Waals surface area contributed by atoms with E-state index in [0.717, 1.165) is 19.5 Å². The first-order chi connectivity index (χ1) is 10.2. The van der Waals surface area contributed by atoms with Gasteiger partial charge in [-0.3, -0.25) is 14.8 Å². The molecule has 0 radical (unpaired) electrons. The van der Waals surface area contributed by atoms with E-state index >= 15 is 0 Å². The smallest absolute Gasteiger partial charge is 0.271 e. The average Bonchev–Trinajstić information content (AvgIpc) is 3.00. The Morgan fingerprint density at radius 1 is 1.39 bits per heavy atom. The van der Waals surface area contributed by atoms with Gasteiger partial charge in [0.2, 0.25) is 0 Å². The number of halogens is 2. The van der Waals surface area contributed by atoms with Crippen LogP contribution >= 0.6 is 36.2 Å². The van der Waals surface area contributed by atoms with Crippen LogP contribution in [0.1, 0.15) is 23.8 Å². The molecule has 0 spiro atoms. The Balaban J connectivity index is 0.00000132. The van der Waals surface area contributed by atoms with E-state index in [4.69, 9.17) is 0 Å². The van der Waals surface area contributed by atoms with Crippen molar-refractivity contribution in [3.63, 3.8) is 0 Å². The van der Waals surface area contributed by atoms with Crippen molar-refractivity contribution in [2.45, 2.75) is 19.4 Å². The van der Waals surface area contributed by atoms with Gasteiger partial charge in [-0.25, -0.2) is 4.98 Å². The van der Waals surface area contributed by atoms with E-state index in [2.05, 4.69) is 32.5 Å². The number of piperidine rings is 1. The molecule has 1 aliphatic rings. The Hall–Kier alpha value is -1.28. The largest absolute Gasteiger partial charge is 0.346 e. The van der Waals surface area contributed by atoms with Gasteiger partial charge in [-0.05, 0) is 18.9 Å². The van der Waals surface area contributed by atoms with Crippen LogP contribution in [0.15, 0.2) is 24.0 Å². The van der Waals surface area contributed by atoms with Crippen molar-refractivity contribution in [1.82, 2.24) is 25.6 Å². The van der Waals surface area contributed by atoms with Gasteiger partial charge >= 0.3 is 0 Å². The summed E-state index contributed by atoms with van der Waals surface area (Å²) in [6.07, 6.45) is 5.95. The number of nitrogens with one attached hydrogen (secondary N) is 2. The first-order valence-corrected chi connectivity index (χ1v) is 7.85. The Bertz CT molecular complexity index is 625. The van der Waals surface area contributed by atoms with Gasteiger partial charge in [0, 0.05) is 30.4 Å². The van der Waals surface area contributed by atoms with Crippen molar-refractivity contribution < 1.29 is 4.79 Å². The standard InChI is InChI=1S/C14H17N5OS.2ClH/c1-9-2-3-15-6-10(9)18-13(20)12-8-21-14(19-12)11-7-16-4-5-17-11;;/h4-5,7-10,15H,2-3,6H2,1H3,(H,18,20);2*1H. The fourth-order valence-electron chi connectivity index (χ4n) is 2.33. The number of amides is 1. The molecule has 6 nitrogen and oxygen atoms in total. The average molecular weight is 376 g/mol.